The Balaban J connectivity index is 2.22. The number of ketones is 2. The molecule has 0 radical (unpaired) electrons. The zero-order valence-electron chi connectivity index (χ0n) is 12.2. The molecule has 23 heavy (non-hydrogen) atoms. The quantitative estimate of drug-likeness (QED) is 0.697. The largest absolute Gasteiger partial charge is 0.313 e. The second kappa shape index (κ2) is 5.50. The molecule has 0 unspecified atom stereocenters. The standard InChI is InChI=1S/C18H11FN2O2/c1-11(22)15-9-17(18(23)13-2-4-14(19)5-3-13)21-7-6-12(10-20)8-16(15)21/h2-9H,1H3. The van der Waals surface area contributed by atoms with Crippen molar-refractivity contribution in [2.24, 2.45) is 0 Å². The first-order valence-electron chi connectivity index (χ1n) is 6.87. The second-order valence-electron chi connectivity index (χ2n) is 5.12. The number of Topliss-reactive ketones (excluding diaryl/α,β-unsaturated/α-hetero) is 1. The summed E-state index contributed by atoms with van der Waals surface area (Å²) in [6, 6.07) is 11.9. The lowest BCUT2D eigenvalue weighted by Crippen LogP contribution is -2.05. The highest BCUT2D eigenvalue weighted by molar-refractivity contribution is 6.12. The number of pyridine rings is 1. The van der Waals surface area contributed by atoms with E-state index in [1.54, 1.807) is 22.7 Å². The van der Waals surface area contributed by atoms with E-state index in [1.807, 2.05) is 6.07 Å². The monoisotopic (exact) mass is 306 g/mol. The molecule has 0 fully saturated rings. The molecule has 0 saturated heterocycles. The Morgan fingerprint density at radius 1 is 1.13 bits per heavy atom. The smallest absolute Gasteiger partial charge is 0.209 e. The summed E-state index contributed by atoms with van der Waals surface area (Å²) in [4.78, 5) is 24.5. The van der Waals surface area contributed by atoms with Gasteiger partial charge in [-0.2, -0.15) is 5.26 Å². The van der Waals surface area contributed by atoms with E-state index in [1.165, 1.54) is 37.3 Å². The summed E-state index contributed by atoms with van der Waals surface area (Å²) in [5.74, 6) is -0.947. The van der Waals surface area contributed by atoms with Gasteiger partial charge in [-0.15, -0.1) is 0 Å². The van der Waals surface area contributed by atoms with Crippen molar-refractivity contribution in [1.82, 2.24) is 4.40 Å². The Kier molecular flexibility index (Phi) is 3.51. The number of carbonyl (C=O) groups is 2. The van der Waals surface area contributed by atoms with Gasteiger partial charge in [0.2, 0.25) is 5.78 Å². The molecule has 0 aliphatic carbocycles. The maximum atomic E-state index is 13.0. The molecule has 0 aliphatic rings. The third kappa shape index (κ3) is 2.51. The molecular formula is C18H11FN2O2. The number of rotatable bonds is 3. The third-order valence-corrected chi connectivity index (χ3v) is 3.62. The molecule has 2 heterocycles. The Hall–Kier alpha value is -3.26. The fraction of sp³-hybridized carbons (Fsp3) is 0.0556. The Morgan fingerprint density at radius 3 is 2.43 bits per heavy atom. The van der Waals surface area contributed by atoms with Crippen LogP contribution in [0.25, 0.3) is 5.52 Å². The topological polar surface area (TPSA) is 62.3 Å². The van der Waals surface area contributed by atoms with Crippen molar-refractivity contribution < 1.29 is 14.0 Å². The number of aromatic nitrogens is 1. The molecule has 3 rings (SSSR count). The lowest BCUT2D eigenvalue weighted by atomic mass is 10.1. The Morgan fingerprint density at radius 2 is 1.83 bits per heavy atom. The maximum Gasteiger partial charge on any atom is 0.209 e. The molecule has 0 aliphatic heterocycles. The number of carbonyl (C=O) groups excluding carboxylic acids is 2. The lowest BCUT2D eigenvalue weighted by molar-refractivity contribution is 0.101. The lowest BCUT2D eigenvalue weighted by Gasteiger charge is -2.03. The molecule has 2 aromatic heterocycles. The number of hydrogen-bond acceptors (Lipinski definition) is 3. The van der Waals surface area contributed by atoms with Crippen LogP contribution in [0.4, 0.5) is 4.39 Å². The molecule has 1 aromatic carbocycles. The van der Waals surface area contributed by atoms with Gasteiger partial charge in [-0.3, -0.25) is 9.59 Å². The van der Waals surface area contributed by atoms with Crippen molar-refractivity contribution in [3.05, 3.63) is 76.9 Å². The van der Waals surface area contributed by atoms with Gasteiger partial charge in [0.1, 0.15) is 5.82 Å². The zero-order valence-corrected chi connectivity index (χ0v) is 12.2. The minimum atomic E-state index is -0.426. The Bertz CT molecular complexity index is 979. The van der Waals surface area contributed by atoms with E-state index < -0.39 is 5.82 Å². The summed E-state index contributed by atoms with van der Waals surface area (Å²) >= 11 is 0. The van der Waals surface area contributed by atoms with Gasteiger partial charge in [0.15, 0.2) is 5.78 Å². The molecule has 4 nitrogen and oxygen atoms in total. The molecule has 0 N–H and O–H groups in total. The number of hydrogen-bond donors (Lipinski definition) is 0. The molecule has 3 aromatic rings. The van der Waals surface area contributed by atoms with Crippen LogP contribution < -0.4 is 0 Å². The van der Waals surface area contributed by atoms with Gasteiger partial charge in [0.05, 0.1) is 22.8 Å². The SMILES string of the molecule is CC(=O)c1cc(C(=O)c2ccc(F)cc2)n2ccc(C#N)cc12. The van der Waals surface area contributed by atoms with Crippen molar-refractivity contribution in [1.29, 1.82) is 5.26 Å². The van der Waals surface area contributed by atoms with Crippen molar-refractivity contribution >= 4 is 17.1 Å². The van der Waals surface area contributed by atoms with Crippen LogP contribution in [0.1, 0.15) is 38.9 Å². The summed E-state index contributed by atoms with van der Waals surface area (Å²) in [5, 5.41) is 9.00. The molecule has 0 saturated carbocycles. The third-order valence-electron chi connectivity index (χ3n) is 3.62. The van der Waals surface area contributed by atoms with Crippen molar-refractivity contribution in [3.8, 4) is 6.07 Å². The van der Waals surface area contributed by atoms with Crippen molar-refractivity contribution in [2.45, 2.75) is 6.92 Å². The first-order chi connectivity index (χ1) is 11.0. The summed E-state index contributed by atoms with van der Waals surface area (Å²) in [6.07, 6.45) is 1.58. The average molecular weight is 306 g/mol. The minimum absolute atomic E-state index is 0.198. The number of fused-ring (bicyclic) bond motifs is 1. The highest BCUT2D eigenvalue weighted by Crippen LogP contribution is 2.22. The molecule has 112 valence electrons. The highest BCUT2D eigenvalue weighted by atomic mass is 19.1. The predicted octanol–water partition coefficient (Wildman–Crippen LogP) is 3.38. The summed E-state index contributed by atoms with van der Waals surface area (Å²) < 4.78 is 14.6. The van der Waals surface area contributed by atoms with Crippen LogP contribution in [-0.2, 0) is 0 Å². The fourth-order valence-corrected chi connectivity index (χ4v) is 2.47. The van der Waals surface area contributed by atoms with Crippen LogP contribution >= 0.6 is 0 Å². The van der Waals surface area contributed by atoms with E-state index in [2.05, 4.69) is 0 Å². The number of benzene rings is 1. The Labute approximate surface area is 131 Å². The zero-order chi connectivity index (χ0) is 16.6. The van der Waals surface area contributed by atoms with E-state index in [9.17, 15) is 14.0 Å². The fourth-order valence-electron chi connectivity index (χ4n) is 2.47. The molecule has 0 atom stereocenters. The van der Waals surface area contributed by atoms with Crippen LogP contribution in [0.5, 0.6) is 0 Å². The number of halogens is 1. The van der Waals surface area contributed by atoms with Crippen molar-refractivity contribution in [3.63, 3.8) is 0 Å². The number of nitrogens with zero attached hydrogens (tertiary/aromatic N) is 2. The van der Waals surface area contributed by atoms with Crippen LogP contribution in [0, 0.1) is 17.1 Å². The first kappa shape index (κ1) is 14.7. The highest BCUT2D eigenvalue weighted by Gasteiger charge is 2.19. The van der Waals surface area contributed by atoms with Crippen molar-refractivity contribution in [2.75, 3.05) is 0 Å². The van der Waals surface area contributed by atoms with Gasteiger partial charge >= 0.3 is 0 Å². The van der Waals surface area contributed by atoms with Crippen LogP contribution in [-0.4, -0.2) is 16.0 Å². The van der Waals surface area contributed by atoms with E-state index in [4.69, 9.17) is 5.26 Å². The van der Waals surface area contributed by atoms with Crippen LogP contribution in [0.2, 0.25) is 0 Å². The van der Waals surface area contributed by atoms with Gasteiger partial charge < -0.3 is 4.40 Å². The van der Waals surface area contributed by atoms with Crippen LogP contribution in [0.3, 0.4) is 0 Å². The van der Waals surface area contributed by atoms with Gasteiger partial charge in [-0.05, 0) is 49.4 Å². The molecule has 0 spiro atoms. The minimum Gasteiger partial charge on any atom is -0.313 e. The summed E-state index contributed by atoms with van der Waals surface area (Å²) in [5.41, 5.74) is 1.89. The number of nitriles is 1. The first-order valence-corrected chi connectivity index (χ1v) is 6.87. The van der Waals surface area contributed by atoms with E-state index >= 15 is 0 Å². The van der Waals surface area contributed by atoms with E-state index in [0.717, 1.165) is 0 Å². The molecule has 0 bridgehead atoms. The summed E-state index contributed by atoms with van der Waals surface area (Å²) in [7, 11) is 0. The molecule has 5 heteroatoms. The van der Waals surface area contributed by atoms with Gasteiger partial charge in [0, 0.05) is 17.3 Å². The van der Waals surface area contributed by atoms with E-state index in [-0.39, 0.29) is 11.6 Å². The van der Waals surface area contributed by atoms with E-state index in [0.29, 0.717) is 27.9 Å². The normalized spacial score (nSPS) is 10.5. The second-order valence-corrected chi connectivity index (χ2v) is 5.12. The van der Waals surface area contributed by atoms with Gasteiger partial charge in [-0.1, -0.05) is 0 Å². The maximum absolute atomic E-state index is 13.0. The van der Waals surface area contributed by atoms with Gasteiger partial charge in [-0.25, -0.2) is 4.39 Å². The van der Waals surface area contributed by atoms with Crippen LogP contribution in [0.15, 0.2) is 48.7 Å². The molecular weight excluding hydrogens is 295 g/mol. The molecule has 0 amide bonds. The average Bonchev–Trinajstić information content (AvgIpc) is 2.93. The predicted molar refractivity (Wildman–Crippen MR) is 81.9 cm³/mol. The van der Waals surface area contributed by atoms with Gasteiger partial charge in [0.25, 0.3) is 0 Å². The summed E-state index contributed by atoms with van der Waals surface area (Å²) in [6.45, 7) is 1.40.